The number of fused-ring (bicyclic) bond motifs is 4. The lowest BCUT2D eigenvalue weighted by atomic mass is 9.64. The Labute approximate surface area is 383 Å². The summed E-state index contributed by atoms with van der Waals surface area (Å²) in [7, 11) is 0. The van der Waals surface area contributed by atoms with Crippen molar-refractivity contribution < 1.29 is 0 Å². The highest BCUT2D eigenvalue weighted by Gasteiger charge is 2.40. The number of hydrogen-bond donors (Lipinski definition) is 0. The molecular formula is C60H42N6. The van der Waals surface area contributed by atoms with Crippen molar-refractivity contribution in [2.24, 2.45) is 0 Å². The maximum Gasteiger partial charge on any atom is 0.238 e. The normalized spacial score (nSPS) is 11.7. The van der Waals surface area contributed by atoms with Crippen molar-refractivity contribution >= 4 is 44.9 Å². The summed E-state index contributed by atoms with van der Waals surface area (Å²) in [6, 6.07) is 74.0. The molecule has 11 aromatic rings. The van der Waals surface area contributed by atoms with Crippen LogP contribution in [0.25, 0.3) is 79.3 Å². The molecule has 6 nitrogen and oxygen atoms in total. The lowest BCUT2D eigenvalue weighted by Crippen LogP contribution is -2.31. The number of hydrogen-bond acceptors (Lipinski definition) is 4. The van der Waals surface area contributed by atoms with Crippen LogP contribution in [-0.2, 0) is 5.41 Å². The quantitative estimate of drug-likeness (QED) is 0.129. The third-order valence-corrected chi connectivity index (χ3v) is 12.7. The number of nitrogens with zero attached hydrogens (tertiary/aromatic N) is 6. The SMILES string of the molecule is C=Cc1c(/C=C\C)n(-c2nc(-c3cccc(-n4c5ccccc5c5cc(C#N)ccc54)c3)nc(-c3ccccc3C(c3ccccc3)(c3ccccc3)c3ccccc3)n2)c2ccccc12. The number of benzene rings is 8. The van der Waals surface area contributed by atoms with E-state index >= 15 is 0 Å². The molecule has 8 aromatic carbocycles. The van der Waals surface area contributed by atoms with Gasteiger partial charge in [-0.25, -0.2) is 4.98 Å². The summed E-state index contributed by atoms with van der Waals surface area (Å²) < 4.78 is 4.38. The Morgan fingerprint density at radius 2 is 1.11 bits per heavy atom. The monoisotopic (exact) mass is 846 g/mol. The third-order valence-electron chi connectivity index (χ3n) is 12.7. The van der Waals surface area contributed by atoms with Gasteiger partial charge in [-0.2, -0.15) is 15.2 Å². The number of para-hydroxylation sites is 2. The molecule has 0 fully saturated rings. The zero-order chi connectivity index (χ0) is 44.6. The average Bonchev–Trinajstić information content (AvgIpc) is 3.89. The summed E-state index contributed by atoms with van der Waals surface area (Å²) in [4.78, 5) is 16.4. The zero-order valence-corrected chi connectivity index (χ0v) is 36.3. The molecule has 3 heterocycles. The van der Waals surface area contributed by atoms with E-state index in [1.807, 2.05) is 49.4 Å². The van der Waals surface area contributed by atoms with E-state index in [1.165, 1.54) is 0 Å². The van der Waals surface area contributed by atoms with E-state index in [9.17, 15) is 5.26 Å². The molecule has 0 N–H and O–H groups in total. The van der Waals surface area contributed by atoms with Gasteiger partial charge in [0.15, 0.2) is 11.6 Å². The minimum absolute atomic E-state index is 0.484. The molecule has 0 unspecified atom stereocenters. The summed E-state index contributed by atoms with van der Waals surface area (Å²) in [6.45, 7) is 6.28. The standard InChI is InChI=1S/C60H42N6/c1-3-21-53-47(4-2)48-30-15-19-35-55(48)66(53)59-63-57(42-22-20-29-46(39-42)65-54-34-18-16-31-49(54)51-38-41(40-61)36-37-56(51)65)62-58(64-59)50-32-14-17-33-52(50)60(43-23-8-5-9-24-43,44-25-10-6-11-26-44)45-27-12-7-13-28-45/h3-39H,2H2,1H3/b21-3-. The average molecular weight is 847 g/mol. The summed E-state index contributed by atoms with van der Waals surface area (Å²) in [5.41, 5.74) is 11.8. The van der Waals surface area contributed by atoms with Crippen LogP contribution in [0.5, 0.6) is 0 Å². The molecule has 0 aliphatic rings. The first kappa shape index (κ1) is 39.9. The van der Waals surface area contributed by atoms with Gasteiger partial charge in [-0.05, 0) is 77.7 Å². The predicted molar refractivity (Wildman–Crippen MR) is 270 cm³/mol. The fourth-order valence-corrected chi connectivity index (χ4v) is 9.89. The van der Waals surface area contributed by atoms with Gasteiger partial charge in [0, 0.05) is 38.5 Å². The summed E-state index contributed by atoms with van der Waals surface area (Å²) in [5.74, 6) is 1.54. The van der Waals surface area contributed by atoms with E-state index in [0.29, 0.717) is 23.2 Å². The minimum Gasteiger partial charge on any atom is -0.309 e. The van der Waals surface area contributed by atoms with Gasteiger partial charge in [-0.3, -0.25) is 4.57 Å². The molecular weight excluding hydrogens is 805 g/mol. The van der Waals surface area contributed by atoms with Crippen molar-refractivity contribution in [1.82, 2.24) is 24.1 Å². The molecule has 0 aliphatic heterocycles. The van der Waals surface area contributed by atoms with Crippen LogP contribution in [0.4, 0.5) is 0 Å². The van der Waals surface area contributed by atoms with Crippen LogP contribution in [0.15, 0.2) is 219 Å². The number of aromatic nitrogens is 5. The Bertz CT molecular complexity index is 3590. The Kier molecular flexibility index (Phi) is 10.1. The van der Waals surface area contributed by atoms with Crippen LogP contribution in [0, 0.1) is 11.3 Å². The molecule has 312 valence electrons. The number of allylic oxidation sites excluding steroid dienone is 1. The van der Waals surface area contributed by atoms with Crippen LogP contribution < -0.4 is 0 Å². The molecule has 11 rings (SSSR count). The first-order chi connectivity index (χ1) is 32.6. The predicted octanol–water partition coefficient (Wildman–Crippen LogP) is 14.2. The van der Waals surface area contributed by atoms with E-state index < -0.39 is 5.41 Å². The highest BCUT2D eigenvalue weighted by molar-refractivity contribution is 6.09. The molecule has 0 bridgehead atoms. The Morgan fingerprint density at radius 3 is 1.76 bits per heavy atom. The van der Waals surface area contributed by atoms with Gasteiger partial charge in [-0.15, -0.1) is 0 Å². The first-order valence-electron chi connectivity index (χ1n) is 22.1. The van der Waals surface area contributed by atoms with E-state index in [0.717, 1.165) is 83.0 Å². The molecule has 0 atom stereocenters. The smallest absolute Gasteiger partial charge is 0.238 e. The third kappa shape index (κ3) is 6.45. The van der Waals surface area contributed by atoms with Gasteiger partial charge in [0.05, 0.1) is 39.3 Å². The largest absolute Gasteiger partial charge is 0.309 e. The maximum absolute atomic E-state index is 9.84. The first-order valence-corrected chi connectivity index (χ1v) is 22.1. The molecule has 6 heteroatoms. The fourth-order valence-electron chi connectivity index (χ4n) is 9.89. The second-order valence-electron chi connectivity index (χ2n) is 16.3. The van der Waals surface area contributed by atoms with Gasteiger partial charge in [0.1, 0.15) is 0 Å². The molecule has 0 spiro atoms. The minimum atomic E-state index is -0.762. The second kappa shape index (κ2) is 16.7. The lowest BCUT2D eigenvalue weighted by Gasteiger charge is -2.38. The summed E-state index contributed by atoms with van der Waals surface area (Å²) in [6.07, 6.45) is 6.05. The van der Waals surface area contributed by atoms with Gasteiger partial charge < -0.3 is 4.57 Å². The van der Waals surface area contributed by atoms with Crippen molar-refractivity contribution in [2.45, 2.75) is 12.3 Å². The van der Waals surface area contributed by atoms with E-state index in [2.05, 4.69) is 204 Å². The van der Waals surface area contributed by atoms with Gasteiger partial charge >= 0.3 is 0 Å². The maximum atomic E-state index is 9.84. The number of nitriles is 1. The lowest BCUT2D eigenvalue weighted by molar-refractivity contribution is 0.745. The van der Waals surface area contributed by atoms with Gasteiger partial charge in [0.2, 0.25) is 5.95 Å². The topological polar surface area (TPSA) is 72.3 Å². The molecule has 66 heavy (non-hydrogen) atoms. The van der Waals surface area contributed by atoms with Crippen LogP contribution in [0.1, 0.15) is 46.0 Å². The Balaban J connectivity index is 1.22. The van der Waals surface area contributed by atoms with Crippen LogP contribution >= 0.6 is 0 Å². The van der Waals surface area contributed by atoms with E-state index in [1.54, 1.807) is 0 Å². The van der Waals surface area contributed by atoms with Crippen LogP contribution in [0.2, 0.25) is 0 Å². The molecule has 0 amide bonds. The van der Waals surface area contributed by atoms with Crippen molar-refractivity contribution in [1.29, 1.82) is 5.26 Å². The highest BCUT2D eigenvalue weighted by Crippen LogP contribution is 2.48. The highest BCUT2D eigenvalue weighted by atomic mass is 15.2. The molecule has 0 aliphatic carbocycles. The van der Waals surface area contributed by atoms with Crippen molar-refractivity contribution in [2.75, 3.05) is 0 Å². The molecule has 3 aromatic heterocycles. The molecule has 0 saturated heterocycles. The van der Waals surface area contributed by atoms with Crippen molar-refractivity contribution in [3.8, 4) is 40.5 Å². The van der Waals surface area contributed by atoms with Gasteiger partial charge in [-0.1, -0.05) is 183 Å². The fraction of sp³-hybridized carbons (Fsp3) is 0.0333. The second-order valence-corrected chi connectivity index (χ2v) is 16.3. The summed E-state index contributed by atoms with van der Waals surface area (Å²) in [5, 5.41) is 13.0. The molecule has 0 saturated carbocycles. The Morgan fingerprint density at radius 1 is 0.530 bits per heavy atom. The zero-order valence-electron chi connectivity index (χ0n) is 36.3. The molecule has 0 radical (unpaired) electrons. The van der Waals surface area contributed by atoms with Crippen LogP contribution in [0.3, 0.4) is 0 Å². The summed E-state index contributed by atoms with van der Waals surface area (Å²) >= 11 is 0. The Hall–Kier alpha value is -8.92. The van der Waals surface area contributed by atoms with E-state index in [4.69, 9.17) is 15.0 Å². The van der Waals surface area contributed by atoms with Gasteiger partial charge in [0.25, 0.3) is 0 Å². The number of rotatable bonds is 10. The van der Waals surface area contributed by atoms with Crippen LogP contribution in [-0.4, -0.2) is 24.1 Å². The van der Waals surface area contributed by atoms with E-state index in [-0.39, 0.29) is 0 Å². The van der Waals surface area contributed by atoms with Crippen molar-refractivity contribution in [3.63, 3.8) is 0 Å². The van der Waals surface area contributed by atoms with Crippen molar-refractivity contribution in [3.05, 3.63) is 258 Å².